The van der Waals surface area contributed by atoms with Crippen molar-refractivity contribution < 1.29 is 23.1 Å². The van der Waals surface area contributed by atoms with Crippen molar-refractivity contribution in [1.82, 2.24) is 10.0 Å². The Hall–Kier alpha value is -2.42. The molecule has 0 aliphatic carbocycles. The molecule has 1 amide bonds. The van der Waals surface area contributed by atoms with Crippen molar-refractivity contribution in [3.05, 3.63) is 59.1 Å². The van der Waals surface area contributed by atoms with E-state index in [4.69, 9.17) is 11.6 Å². The number of amides is 1. The average Bonchev–Trinajstić information content (AvgIpc) is 2.60. The van der Waals surface area contributed by atoms with Crippen molar-refractivity contribution in [3.8, 4) is 11.1 Å². The molecule has 150 valence electrons. The van der Waals surface area contributed by atoms with Gasteiger partial charge in [0, 0.05) is 10.6 Å². The fourth-order valence-electron chi connectivity index (χ4n) is 2.72. The highest BCUT2D eigenvalue weighted by molar-refractivity contribution is 7.89. The Labute approximate surface area is 168 Å². The van der Waals surface area contributed by atoms with Crippen molar-refractivity contribution in [2.45, 2.75) is 25.4 Å². The van der Waals surface area contributed by atoms with E-state index in [1.165, 1.54) is 13.8 Å². The van der Waals surface area contributed by atoms with E-state index < -0.39 is 33.5 Å². The molecular weight excluding hydrogens is 404 g/mol. The van der Waals surface area contributed by atoms with Crippen LogP contribution in [0.2, 0.25) is 5.02 Å². The molecule has 3 N–H and O–H groups in total. The maximum absolute atomic E-state index is 12.0. The van der Waals surface area contributed by atoms with Gasteiger partial charge in [0.15, 0.2) is 0 Å². The number of sulfonamides is 1. The first-order valence-corrected chi connectivity index (χ1v) is 10.6. The van der Waals surface area contributed by atoms with Gasteiger partial charge in [0.05, 0.1) is 12.3 Å². The second-order valence-electron chi connectivity index (χ2n) is 6.59. The van der Waals surface area contributed by atoms with Gasteiger partial charge in [0.1, 0.15) is 5.54 Å². The summed E-state index contributed by atoms with van der Waals surface area (Å²) in [5.74, 6) is -2.06. The van der Waals surface area contributed by atoms with E-state index in [0.29, 0.717) is 10.6 Å². The summed E-state index contributed by atoms with van der Waals surface area (Å²) in [7, 11) is -3.75. The number of carbonyl (C=O) groups excluding carboxylic acids is 1. The minimum absolute atomic E-state index is 0.398. The van der Waals surface area contributed by atoms with Crippen LogP contribution in [0.5, 0.6) is 0 Å². The highest BCUT2D eigenvalue weighted by atomic mass is 35.5. The van der Waals surface area contributed by atoms with Crippen molar-refractivity contribution in [2.75, 3.05) is 6.26 Å². The number of aliphatic carboxylic acids is 1. The molecular formula is C19H21ClN2O5S. The number of benzene rings is 2. The summed E-state index contributed by atoms with van der Waals surface area (Å²) in [5, 5.41) is 13.0. The Kier molecular flexibility index (Phi) is 6.48. The molecule has 0 aliphatic heterocycles. The van der Waals surface area contributed by atoms with E-state index in [2.05, 4.69) is 5.32 Å². The lowest BCUT2D eigenvalue weighted by Gasteiger charge is -2.30. The summed E-state index contributed by atoms with van der Waals surface area (Å²) in [5.41, 5.74) is 0.397. The summed E-state index contributed by atoms with van der Waals surface area (Å²) < 4.78 is 24.3. The SMILES string of the molecule is CC(NC(C)(C(=O)O)c1ccc(-c2ccccc2Cl)cc1)C(=O)NS(C)(=O)=O. The normalized spacial score (nSPS) is 14.7. The van der Waals surface area contributed by atoms with Gasteiger partial charge in [-0.2, -0.15) is 0 Å². The molecule has 0 aliphatic rings. The molecule has 0 fully saturated rings. The maximum atomic E-state index is 12.0. The van der Waals surface area contributed by atoms with Gasteiger partial charge in [-0.1, -0.05) is 54.1 Å². The zero-order valence-electron chi connectivity index (χ0n) is 15.6. The largest absolute Gasteiger partial charge is 0.480 e. The van der Waals surface area contributed by atoms with Crippen LogP contribution in [0.1, 0.15) is 19.4 Å². The zero-order valence-corrected chi connectivity index (χ0v) is 17.1. The van der Waals surface area contributed by atoms with Crippen LogP contribution in [0.3, 0.4) is 0 Å². The molecule has 0 saturated heterocycles. The van der Waals surface area contributed by atoms with Crippen molar-refractivity contribution in [2.24, 2.45) is 0 Å². The van der Waals surface area contributed by atoms with Gasteiger partial charge < -0.3 is 5.11 Å². The summed E-state index contributed by atoms with van der Waals surface area (Å²) in [4.78, 5) is 23.9. The average molecular weight is 425 g/mol. The zero-order chi connectivity index (χ0) is 21.1. The van der Waals surface area contributed by atoms with Crippen molar-refractivity contribution in [1.29, 1.82) is 0 Å². The molecule has 2 aromatic rings. The first kappa shape index (κ1) is 21.9. The van der Waals surface area contributed by atoms with E-state index in [1.807, 2.05) is 22.9 Å². The number of hydrogen-bond acceptors (Lipinski definition) is 5. The topological polar surface area (TPSA) is 113 Å². The highest BCUT2D eigenvalue weighted by Gasteiger charge is 2.38. The minimum Gasteiger partial charge on any atom is -0.480 e. The van der Waals surface area contributed by atoms with Crippen LogP contribution in [0.4, 0.5) is 0 Å². The van der Waals surface area contributed by atoms with Crippen LogP contribution >= 0.6 is 11.6 Å². The van der Waals surface area contributed by atoms with Crippen molar-refractivity contribution >= 4 is 33.5 Å². The fourth-order valence-corrected chi connectivity index (χ4v) is 3.50. The highest BCUT2D eigenvalue weighted by Crippen LogP contribution is 2.30. The summed E-state index contributed by atoms with van der Waals surface area (Å²) >= 11 is 6.20. The molecule has 9 heteroatoms. The molecule has 0 bridgehead atoms. The molecule has 0 spiro atoms. The lowest BCUT2D eigenvalue weighted by Crippen LogP contribution is -2.55. The van der Waals surface area contributed by atoms with Gasteiger partial charge in [0.25, 0.3) is 0 Å². The van der Waals surface area contributed by atoms with Gasteiger partial charge in [-0.25, -0.2) is 13.2 Å². The van der Waals surface area contributed by atoms with Crippen LogP contribution in [0.15, 0.2) is 48.5 Å². The van der Waals surface area contributed by atoms with E-state index in [1.54, 1.807) is 30.3 Å². The van der Waals surface area contributed by atoms with Crippen LogP contribution in [0, 0.1) is 0 Å². The molecule has 0 radical (unpaired) electrons. The number of carboxylic acid groups (broad SMARTS) is 1. The summed E-state index contributed by atoms with van der Waals surface area (Å²) in [6, 6.07) is 12.9. The standard InChI is InChI=1S/C19H21ClN2O5S/c1-12(17(23)22-28(3,26)27)21-19(2,18(24)25)14-10-8-13(9-11-14)15-6-4-5-7-16(15)20/h4-12,21H,1-3H3,(H,22,23)(H,24,25). The van der Waals surface area contributed by atoms with Crippen LogP contribution < -0.4 is 10.0 Å². The third kappa shape index (κ3) is 5.09. The predicted molar refractivity (Wildman–Crippen MR) is 107 cm³/mol. The third-order valence-electron chi connectivity index (χ3n) is 4.26. The number of nitrogens with one attached hydrogen (secondary N) is 2. The molecule has 0 saturated carbocycles. The first-order valence-electron chi connectivity index (χ1n) is 8.32. The van der Waals surface area contributed by atoms with E-state index >= 15 is 0 Å². The Morgan fingerprint density at radius 1 is 1.11 bits per heavy atom. The number of rotatable bonds is 7. The van der Waals surface area contributed by atoms with E-state index in [-0.39, 0.29) is 0 Å². The second kappa shape index (κ2) is 8.30. The summed E-state index contributed by atoms with van der Waals surface area (Å²) in [6.07, 6.45) is 0.849. The van der Waals surface area contributed by atoms with Gasteiger partial charge in [0.2, 0.25) is 15.9 Å². The molecule has 28 heavy (non-hydrogen) atoms. The fraction of sp³-hybridized carbons (Fsp3) is 0.263. The quantitative estimate of drug-likeness (QED) is 0.629. The van der Waals surface area contributed by atoms with Gasteiger partial charge in [-0.3, -0.25) is 14.8 Å². The number of carbonyl (C=O) groups is 2. The third-order valence-corrected chi connectivity index (χ3v) is 5.16. The Bertz CT molecular complexity index is 992. The number of halogens is 1. The lowest BCUT2D eigenvalue weighted by atomic mass is 9.89. The van der Waals surface area contributed by atoms with Crippen LogP contribution in [-0.4, -0.2) is 37.7 Å². The van der Waals surface area contributed by atoms with Gasteiger partial charge in [-0.05, 0) is 31.0 Å². The molecule has 2 rings (SSSR count). The smallest absolute Gasteiger partial charge is 0.328 e. The molecule has 2 aromatic carbocycles. The second-order valence-corrected chi connectivity index (χ2v) is 8.75. The monoisotopic (exact) mass is 424 g/mol. The summed E-state index contributed by atoms with van der Waals surface area (Å²) in [6.45, 7) is 2.80. The number of hydrogen-bond donors (Lipinski definition) is 3. The minimum atomic E-state index is -3.75. The van der Waals surface area contributed by atoms with E-state index in [9.17, 15) is 23.1 Å². The molecule has 2 atom stereocenters. The lowest BCUT2D eigenvalue weighted by molar-refractivity contribution is -0.145. The van der Waals surface area contributed by atoms with Crippen LogP contribution in [-0.2, 0) is 25.2 Å². The van der Waals surface area contributed by atoms with Gasteiger partial charge >= 0.3 is 5.97 Å². The van der Waals surface area contributed by atoms with Gasteiger partial charge in [-0.15, -0.1) is 0 Å². The van der Waals surface area contributed by atoms with E-state index in [0.717, 1.165) is 17.4 Å². The molecule has 0 aromatic heterocycles. The molecule has 2 unspecified atom stereocenters. The van der Waals surface area contributed by atoms with Crippen molar-refractivity contribution in [3.63, 3.8) is 0 Å². The van der Waals surface area contributed by atoms with Crippen LogP contribution in [0.25, 0.3) is 11.1 Å². The number of carboxylic acids is 1. The maximum Gasteiger partial charge on any atom is 0.328 e. The predicted octanol–water partition coefficient (Wildman–Crippen LogP) is 2.36. The Morgan fingerprint density at radius 3 is 2.18 bits per heavy atom. The molecule has 7 nitrogen and oxygen atoms in total. The first-order chi connectivity index (χ1) is 12.9. The Morgan fingerprint density at radius 2 is 1.68 bits per heavy atom. The molecule has 0 heterocycles. The Balaban J connectivity index is 2.31.